The molecule has 0 unspecified atom stereocenters. The van der Waals surface area contributed by atoms with Crippen LogP contribution < -0.4 is 10.2 Å². The summed E-state index contributed by atoms with van der Waals surface area (Å²) < 4.78 is 4.82. The first-order valence-electron chi connectivity index (χ1n) is 7.10. The lowest BCUT2D eigenvalue weighted by Crippen LogP contribution is -2.18. The van der Waals surface area contributed by atoms with Crippen LogP contribution in [0, 0.1) is 20.2 Å². The van der Waals surface area contributed by atoms with Gasteiger partial charge in [0.25, 0.3) is 11.6 Å². The van der Waals surface area contributed by atoms with Gasteiger partial charge in [0.15, 0.2) is 5.75 Å². The van der Waals surface area contributed by atoms with Crippen molar-refractivity contribution in [2.24, 2.45) is 5.10 Å². The van der Waals surface area contributed by atoms with E-state index in [9.17, 15) is 35.2 Å². The van der Waals surface area contributed by atoms with Crippen molar-refractivity contribution in [3.63, 3.8) is 0 Å². The zero-order chi connectivity index (χ0) is 20.1. The quantitative estimate of drug-likeness (QED) is 0.387. The normalized spacial score (nSPS) is 10.6. The molecule has 2 aromatic rings. The maximum absolute atomic E-state index is 12.0. The monoisotopic (exact) mass is 376 g/mol. The highest BCUT2D eigenvalue weighted by atomic mass is 16.6. The van der Waals surface area contributed by atoms with Gasteiger partial charge >= 0.3 is 5.69 Å². The fourth-order valence-electron chi connectivity index (χ4n) is 2.03. The molecule has 12 heteroatoms. The van der Waals surface area contributed by atoms with Crippen LogP contribution in [0.5, 0.6) is 17.2 Å². The maximum Gasteiger partial charge on any atom is 0.315 e. The summed E-state index contributed by atoms with van der Waals surface area (Å²) in [6.45, 7) is 0. The molecule has 140 valence electrons. The Bertz CT molecular complexity index is 957. The number of nitrogens with one attached hydrogen (secondary N) is 1. The Balaban J connectivity index is 2.24. The first-order chi connectivity index (χ1) is 12.7. The summed E-state index contributed by atoms with van der Waals surface area (Å²) in [5.41, 5.74) is 0.747. The van der Waals surface area contributed by atoms with Gasteiger partial charge in [0.1, 0.15) is 5.75 Å². The van der Waals surface area contributed by atoms with Crippen molar-refractivity contribution in [1.29, 1.82) is 0 Å². The van der Waals surface area contributed by atoms with Crippen LogP contribution in [0.4, 0.5) is 11.4 Å². The standard InChI is InChI=1S/C15H12N4O8/c1-27-13-5-8(4-11(14(13)21)19(25)26)7-16-17-15(22)10-6-9(18(23)24)2-3-12(10)20/h2-7,20-21H,1H3,(H,17,22). The van der Waals surface area contributed by atoms with Crippen LogP contribution in [-0.4, -0.2) is 39.3 Å². The van der Waals surface area contributed by atoms with Crippen molar-refractivity contribution in [1.82, 2.24) is 5.43 Å². The molecule has 0 aromatic heterocycles. The molecule has 0 radical (unpaired) electrons. The van der Waals surface area contributed by atoms with Crippen LogP contribution in [-0.2, 0) is 0 Å². The van der Waals surface area contributed by atoms with Crippen molar-refractivity contribution in [2.45, 2.75) is 0 Å². The van der Waals surface area contributed by atoms with E-state index in [1.165, 1.54) is 13.2 Å². The third-order valence-electron chi connectivity index (χ3n) is 3.31. The summed E-state index contributed by atoms with van der Waals surface area (Å²) in [5, 5.41) is 44.6. The van der Waals surface area contributed by atoms with Crippen LogP contribution in [0.25, 0.3) is 0 Å². The first-order valence-corrected chi connectivity index (χ1v) is 7.10. The van der Waals surface area contributed by atoms with Gasteiger partial charge in [-0.05, 0) is 12.1 Å². The number of hydrogen-bond donors (Lipinski definition) is 3. The van der Waals surface area contributed by atoms with Crippen LogP contribution in [0.2, 0.25) is 0 Å². The number of amides is 1. The van der Waals surface area contributed by atoms with E-state index in [0.29, 0.717) is 0 Å². The first kappa shape index (κ1) is 19.1. The van der Waals surface area contributed by atoms with E-state index in [4.69, 9.17) is 4.74 Å². The number of phenols is 2. The molecule has 0 bridgehead atoms. The molecule has 0 spiro atoms. The summed E-state index contributed by atoms with van der Waals surface area (Å²) in [6.07, 6.45) is 1.03. The Morgan fingerprint density at radius 3 is 2.48 bits per heavy atom. The van der Waals surface area contributed by atoms with Gasteiger partial charge in [-0.3, -0.25) is 25.0 Å². The van der Waals surface area contributed by atoms with E-state index in [1.807, 2.05) is 5.43 Å². The SMILES string of the molecule is COc1cc(C=NNC(=O)c2cc([N+](=O)[O-])ccc2O)cc([N+](=O)[O-])c1O. The average molecular weight is 376 g/mol. The molecule has 3 N–H and O–H groups in total. The van der Waals surface area contributed by atoms with Crippen LogP contribution in [0.15, 0.2) is 35.4 Å². The fraction of sp³-hybridized carbons (Fsp3) is 0.0667. The summed E-state index contributed by atoms with van der Waals surface area (Å²) in [6, 6.07) is 5.12. The zero-order valence-electron chi connectivity index (χ0n) is 13.6. The van der Waals surface area contributed by atoms with E-state index in [0.717, 1.165) is 30.5 Å². The number of aromatic hydroxyl groups is 2. The zero-order valence-corrected chi connectivity index (χ0v) is 13.6. The van der Waals surface area contributed by atoms with Crippen molar-refractivity contribution in [3.05, 3.63) is 61.7 Å². The molecular formula is C15H12N4O8. The third kappa shape index (κ3) is 4.25. The van der Waals surface area contributed by atoms with Gasteiger partial charge in [-0.25, -0.2) is 5.43 Å². The lowest BCUT2D eigenvalue weighted by molar-refractivity contribution is -0.386. The number of ether oxygens (including phenoxy) is 1. The highest BCUT2D eigenvalue weighted by molar-refractivity contribution is 5.98. The summed E-state index contributed by atoms with van der Waals surface area (Å²) >= 11 is 0. The number of nitro groups is 2. The number of hydrazone groups is 1. The van der Waals surface area contributed by atoms with Gasteiger partial charge in [0, 0.05) is 23.8 Å². The molecule has 0 aliphatic heterocycles. The minimum absolute atomic E-state index is 0.125. The predicted octanol–water partition coefficient (Wildman–Crippen LogP) is 1.69. The molecule has 12 nitrogen and oxygen atoms in total. The van der Waals surface area contributed by atoms with Gasteiger partial charge in [-0.2, -0.15) is 5.10 Å². The number of non-ortho nitro benzene ring substituents is 1. The summed E-state index contributed by atoms with van der Waals surface area (Å²) in [7, 11) is 1.20. The third-order valence-corrected chi connectivity index (χ3v) is 3.31. The van der Waals surface area contributed by atoms with Crippen molar-refractivity contribution >= 4 is 23.5 Å². The Kier molecular flexibility index (Phi) is 5.50. The number of carbonyl (C=O) groups is 1. The van der Waals surface area contributed by atoms with Gasteiger partial charge in [0.05, 0.1) is 28.7 Å². The highest BCUT2D eigenvalue weighted by Crippen LogP contribution is 2.36. The second kappa shape index (κ2) is 7.77. The van der Waals surface area contributed by atoms with Crippen LogP contribution in [0.1, 0.15) is 15.9 Å². The molecule has 0 atom stereocenters. The smallest absolute Gasteiger partial charge is 0.315 e. The molecule has 0 aliphatic rings. The van der Waals surface area contributed by atoms with Crippen molar-refractivity contribution in [3.8, 4) is 17.2 Å². The highest BCUT2D eigenvalue weighted by Gasteiger charge is 2.19. The predicted molar refractivity (Wildman–Crippen MR) is 91.1 cm³/mol. The molecule has 1 amide bonds. The van der Waals surface area contributed by atoms with E-state index >= 15 is 0 Å². The molecule has 0 aliphatic carbocycles. The number of phenolic OH excluding ortho intramolecular Hbond substituents is 2. The van der Waals surface area contributed by atoms with E-state index in [2.05, 4.69) is 5.10 Å². The number of methoxy groups -OCH3 is 1. The molecule has 0 fully saturated rings. The molecule has 0 saturated carbocycles. The van der Waals surface area contributed by atoms with E-state index in [1.54, 1.807) is 0 Å². The summed E-state index contributed by atoms with van der Waals surface area (Å²) in [5.74, 6) is -2.26. The van der Waals surface area contributed by atoms with E-state index < -0.39 is 38.6 Å². The minimum Gasteiger partial charge on any atom is -0.507 e. The molecule has 2 rings (SSSR count). The van der Waals surface area contributed by atoms with Crippen LogP contribution >= 0.6 is 0 Å². The van der Waals surface area contributed by atoms with Crippen molar-refractivity contribution < 1.29 is 29.6 Å². The topological polar surface area (TPSA) is 177 Å². The number of rotatable bonds is 6. The second-order valence-corrected chi connectivity index (χ2v) is 5.01. The lowest BCUT2D eigenvalue weighted by Gasteiger charge is -2.05. The Morgan fingerprint density at radius 2 is 1.89 bits per heavy atom. The molecular weight excluding hydrogens is 364 g/mol. The van der Waals surface area contributed by atoms with Crippen LogP contribution in [0.3, 0.4) is 0 Å². The van der Waals surface area contributed by atoms with E-state index in [-0.39, 0.29) is 16.9 Å². The van der Waals surface area contributed by atoms with Crippen molar-refractivity contribution in [2.75, 3.05) is 7.11 Å². The lowest BCUT2D eigenvalue weighted by atomic mass is 10.1. The number of carbonyl (C=O) groups excluding carboxylic acids is 1. The van der Waals surface area contributed by atoms with Gasteiger partial charge in [0.2, 0.25) is 5.75 Å². The Labute approximate surface area is 150 Å². The molecule has 0 saturated heterocycles. The average Bonchev–Trinajstić information content (AvgIpc) is 2.62. The number of nitro benzene ring substituents is 2. The second-order valence-electron chi connectivity index (χ2n) is 5.01. The largest absolute Gasteiger partial charge is 0.507 e. The van der Waals surface area contributed by atoms with Gasteiger partial charge in [-0.15, -0.1) is 0 Å². The molecule has 0 heterocycles. The number of hydrogen-bond acceptors (Lipinski definition) is 9. The Hall–Kier alpha value is -4.22. The van der Waals surface area contributed by atoms with Gasteiger partial charge in [-0.1, -0.05) is 0 Å². The summed E-state index contributed by atoms with van der Waals surface area (Å²) in [4.78, 5) is 32.1. The number of benzene rings is 2. The molecule has 2 aromatic carbocycles. The number of nitrogens with zero attached hydrogens (tertiary/aromatic N) is 3. The fourth-order valence-corrected chi connectivity index (χ4v) is 2.03. The maximum atomic E-state index is 12.0. The Morgan fingerprint density at radius 1 is 1.19 bits per heavy atom. The molecule has 27 heavy (non-hydrogen) atoms. The minimum atomic E-state index is -0.937. The van der Waals surface area contributed by atoms with Gasteiger partial charge < -0.3 is 14.9 Å².